The molecule has 0 saturated heterocycles. The first-order valence-corrected chi connectivity index (χ1v) is 8.37. The zero-order valence-corrected chi connectivity index (χ0v) is 13.7. The second kappa shape index (κ2) is 8.65. The molecule has 0 unspecified atom stereocenters. The van der Waals surface area contributed by atoms with Crippen LogP contribution in [0.2, 0.25) is 0 Å². The van der Waals surface area contributed by atoms with Crippen molar-refractivity contribution in [3.8, 4) is 5.75 Å². The normalized spacial score (nSPS) is 22.6. The second-order valence-electron chi connectivity index (χ2n) is 6.40. The number of fused-ring (bicyclic) bond motifs is 1. The van der Waals surface area contributed by atoms with Crippen LogP contribution in [0.15, 0.2) is 24.3 Å². The first kappa shape index (κ1) is 16.6. The third kappa shape index (κ3) is 4.89. The molecule has 1 saturated carbocycles. The molecule has 1 aliphatic heterocycles. The van der Waals surface area contributed by atoms with E-state index >= 15 is 0 Å². The van der Waals surface area contributed by atoms with Gasteiger partial charge in [0.15, 0.2) is 0 Å². The van der Waals surface area contributed by atoms with Gasteiger partial charge in [-0.1, -0.05) is 43.9 Å². The lowest BCUT2D eigenvalue weighted by Crippen LogP contribution is -2.36. The van der Waals surface area contributed by atoms with Gasteiger partial charge in [0, 0.05) is 6.54 Å². The Morgan fingerprint density at radius 3 is 2.52 bits per heavy atom. The van der Waals surface area contributed by atoms with Gasteiger partial charge < -0.3 is 10.1 Å². The molecule has 2 nitrogen and oxygen atoms in total. The van der Waals surface area contributed by atoms with E-state index in [9.17, 15) is 0 Å². The lowest BCUT2D eigenvalue weighted by atomic mass is 9.99. The van der Waals surface area contributed by atoms with Crippen molar-refractivity contribution in [3.05, 3.63) is 29.8 Å². The summed E-state index contributed by atoms with van der Waals surface area (Å²) in [5, 5.41) is 3.66. The third-order valence-corrected chi connectivity index (χ3v) is 4.78. The number of para-hydroxylation sites is 1. The molecule has 1 heterocycles. The molecule has 3 heteroatoms. The van der Waals surface area contributed by atoms with Gasteiger partial charge in [-0.3, -0.25) is 0 Å². The Morgan fingerprint density at radius 2 is 1.71 bits per heavy atom. The van der Waals surface area contributed by atoms with Gasteiger partial charge in [0.1, 0.15) is 11.9 Å². The fourth-order valence-corrected chi connectivity index (χ4v) is 3.54. The minimum Gasteiger partial charge on any atom is -0.489 e. The minimum atomic E-state index is 0. The summed E-state index contributed by atoms with van der Waals surface area (Å²) in [5.74, 6) is 1.99. The maximum atomic E-state index is 6.08. The first-order valence-electron chi connectivity index (χ1n) is 8.37. The zero-order chi connectivity index (χ0) is 13.6. The Balaban J connectivity index is 0.00000161. The topological polar surface area (TPSA) is 21.3 Å². The standard InChI is InChI=1S/C18H27NO.ClH/c1-2-4-8-15(7-3-1)13-19-14-17-12-11-16-9-5-6-10-18(16)20-17;/h5-6,9-10,15,17,19H,1-4,7-8,11-14H2;1H/t17-;/m0./s1. The van der Waals surface area contributed by atoms with Crippen LogP contribution in [0.1, 0.15) is 50.5 Å². The molecule has 1 fully saturated rings. The van der Waals surface area contributed by atoms with Crippen LogP contribution >= 0.6 is 12.4 Å². The van der Waals surface area contributed by atoms with Gasteiger partial charge in [0.2, 0.25) is 0 Å². The highest BCUT2D eigenvalue weighted by molar-refractivity contribution is 5.85. The van der Waals surface area contributed by atoms with Gasteiger partial charge in [-0.25, -0.2) is 0 Å². The number of nitrogens with one attached hydrogen (secondary N) is 1. The highest BCUT2D eigenvalue weighted by atomic mass is 35.5. The highest BCUT2D eigenvalue weighted by Gasteiger charge is 2.19. The summed E-state index contributed by atoms with van der Waals surface area (Å²) in [4.78, 5) is 0. The van der Waals surface area contributed by atoms with Crippen LogP contribution in [0.25, 0.3) is 0 Å². The average Bonchev–Trinajstić information content (AvgIpc) is 2.76. The number of benzene rings is 1. The van der Waals surface area contributed by atoms with Crippen LogP contribution < -0.4 is 10.1 Å². The molecule has 0 bridgehead atoms. The summed E-state index contributed by atoms with van der Waals surface area (Å²) in [6.45, 7) is 2.19. The lowest BCUT2D eigenvalue weighted by molar-refractivity contribution is 0.168. The van der Waals surface area contributed by atoms with Crippen molar-refractivity contribution in [1.29, 1.82) is 0 Å². The summed E-state index contributed by atoms with van der Waals surface area (Å²) in [5.41, 5.74) is 1.37. The maximum Gasteiger partial charge on any atom is 0.122 e. The third-order valence-electron chi connectivity index (χ3n) is 4.78. The van der Waals surface area contributed by atoms with E-state index in [-0.39, 0.29) is 12.4 Å². The fraction of sp³-hybridized carbons (Fsp3) is 0.667. The summed E-state index contributed by atoms with van der Waals surface area (Å²) in [7, 11) is 0. The largest absolute Gasteiger partial charge is 0.489 e. The van der Waals surface area contributed by atoms with Crippen LogP contribution in [0.5, 0.6) is 5.75 Å². The number of rotatable bonds is 4. The molecule has 118 valence electrons. The van der Waals surface area contributed by atoms with Crippen molar-refractivity contribution in [1.82, 2.24) is 5.32 Å². The molecule has 1 aromatic carbocycles. The van der Waals surface area contributed by atoms with Gasteiger partial charge in [-0.05, 0) is 49.8 Å². The zero-order valence-electron chi connectivity index (χ0n) is 12.9. The fourth-order valence-electron chi connectivity index (χ4n) is 3.54. The molecular formula is C18H28ClNO. The summed E-state index contributed by atoms with van der Waals surface area (Å²) >= 11 is 0. The van der Waals surface area contributed by atoms with Gasteiger partial charge in [0.25, 0.3) is 0 Å². The number of hydrogen-bond acceptors (Lipinski definition) is 2. The van der Waals surface area contributed by atoms with Crippen LogP contribution in [0.4, 0.5) is 0 Å². The smallest absolute Gasteiger partial charge is 0.122 e. The Kier molecular flexibility index (Phi) is 6.85. The molecule has 1 aromatic rings. The Labute approximate surface area is 135 Å². The molecular weight excluding hydrogens is 282 g/mol. The van der Waals surface area contributed by atoms with E-state index in [1.165, 1.54) is 50.6 Å². The van der Waals surface area contributed by atoms with Crippen LogP contribution in [-0.4, -0.2) is 19.2 Å². The Bertz CT molecular complexity index is 415. The van der Waals surface area contributed by atoms with Crippen molar-refractivity contribution < 1.29 is 4.74 Å². The minimum absolute atomic E-state index is 0. The number of aryl methyl sites for hydroxylation is 1. The van der Waals surface area contributed by atoms with Crippen molar-refractivity contribution in [3.63, 3.8) is 0 Å². The van der Waals surface area contributed by atoms with Gasteiger partial charge in [-0.2, -0.15) is 0 Å². The van der Waals surface area contributed by atoms with E-state index in [0.29, 0.717) is 6.10 Å². The molecule has 0 radical (unpaired) electrons. The summed E-state index contributed by atoms with van der Waals surface area (Å²) in [6, 6.07) is 8.46. The molecule has 1 atom stereocenters. The maximum absolute atomic E-state index is 6.08. The first-order chi connectivity index (χ1) is 9.92. The monoisotopic (exact) mass is 309 g/mol. The second-order valence-corrected chi connectivity index (χ2v) is 6.40. The van der Waals surface area contributed by atoms with Crippen molar-refractivity contribution in [2.75, 3.05) is 13.1 Å². The van der Waals surface area contributed by atoms with Crippen molar-refractivity contribution in [2.45, 2.75) is 57.5 Å². The molecule has 2 aliphatic rings. The van der Waals surface area contributed by atoms with Crippen LogP contribution in [-0.2, 0) is 6.42 Å². The summed E-state index contributed by atoms with van der Waals surface area (Å²) < 4.78 is 6.08. The van der Waals surface area contributed by atoms with Gasteiger partial charge >= 0.3 is 0 Å². The molecule has 0 aromatic heterocycles. The molecule has 0 spiro atoms. The highest BCUT2D eigenvalue weighted by Crippen LogP contribution is 2.27. The van der Waals surface area contributed by atoms with Crippen LogP contribution in [0.3, 0.4) is 0 Å². The van der Waals surface area contributed by atoms with Crippen molar-refractivity contribution >= 4 is 12.4 Å². The SMILES string of the molecule is Cl.c1ccc2c(c1)CC[C@@H](CNCC1CCCCCC1)O2. The van der Waals surface area contributed by atoms with E-state index in [1.54, 1.807) is 0 Å². The lowest BCUT2D eigenvalue weighted by Gasteiger charge is -2.27. The quantitative estimate of drug-likeness (QED) is 0.834. The van der Waals surface area contributed by atoms with Crippen LogP contribution in [0, 0.1) is 5.92 Å². The van der Waals surface area contributed by atoms with E-state index in [0.717, 1.165) is 31.1 Å². The predicted octanol–water partition coefficient (Wildman–Crippen LogP) is 4.36. The molecule has 0 amide bonds. The molecule has 1 N–H and O–H groups in total. The van der Waals surface area contributed by atoms with E-state index < -0.39 is 0 Å². The van der Waals surface area contributed by atoms with E-state index in [1.807, 2.05) is 0 Å². The Hall–Kier alpha value is -0.730. The number of hydrogen-bond donors (Lipinski definition) is 1. The van der Waals surface area contributed by atoms with Gasteiger partial charge in [-0.15, -0.1) is 12.4 Å². The predicted molar refractivity (Wildman–Crippen MR) is 90.5 cm³/mol. The van der Waals surface area contributed by atoms with E-state index in [4.69, 9.17) is 4.74 Å². The molecule has 1 aliphatic carbocycles. The molecule has 3 rings (SSSR count). The number of ether oxygens (including phenoxy) is 1. The van der Waals surface area contributed by atoms with Crippen molar-refractivity contribution in [2.24, 2.45) is 5.92 Å². The Morgan fingerprint density at radius 1 is 0.952 bits per heavy atom. The molecule has 21 heavy (non-hydrogen) atoms. The number of halogens is 1. The van der Waals surface area contributed by atoms with Gasteiger partial charge in [0.05, 0.1) is 0 Å². The average molecular weight is 310 g/mol. The summed E-state index contributed by atoms with van der Waals surface area (Å²) in [6.07, 6.45) is 11.2. The van der Waals surface area contributed by atoms with E-state index in [2.05, 4.69) is 29.6 Å².